The van der Waals surface area contributed by atoms with Gasteiger partial charge in [0, 0.05) is 17.7 Å². The minimum absolute atomic E-state index is 0.0492. The zero-order valence-electron chi connectivity index (χ0n) is 12.1. The van der Waals surface area contributed by atoms with Gasteiger partial charge in [0.1, 0.15) is 0 Å². The lowest BCUT2D eigenvalue weighted by Crippen LogP contribution is -2.28. The van der Waals surface area contributed by atoms with Gasteiger partial charge in [-0.25, -0.2) is 0 Å². The van der Waals surface area contributed by atoms with Crippen molar-refractivity contribution in [1.29, 1.82) is 0 Å². The first-order valence-electron chi connectivity index (χ1n) is 6.57. The maximum absolute atomic E-state index is 12.7. The van der Waals surface area contributed by atoms with E-state index in [0.717, 1.165) is 12.1 Å². The number of hydrogen-bond acceptors (Lipinski definition) is 4. The van der Waals surface area contributed by atoms with Crippen molar-refractivity contribution in [3.05, 3.63) is 68.7 Å². The number of ketones is 1. The molecule has 10 heteroatoms. The van der Waals surface area contributed by atoms with Gasteiger partial charge in [-0.15, -0.1) is 0 Å². The third kappa shape index (κ3) is 4.61. The highest BCUT2D eigenvalue weighted by atomic mass is 35.6. The summed E-state index contributed by atoms with van der Waals surface area (Å²) in [5.74, 6) is -1.64. The lowest BCUT2D eigenvalue weighted by Gasteiger charge is -2.14. The number of benzene rings is 2. The average molecular weight is 422 g/mol. The largest absolute Gasteiger partial charge is 0.322 e. The van der Waals surface area contributed by atoms with E-state index in [2.05, 4.69) is 5.32 Å². The van der Waals surface area contributed by atoms with Crippen molar-refractivity contribution in [2.45, 2.75) is 3.79 Å². The quantitative estimate of drug-likeness (QED) is 0.332. The third-order valence-electron chi connectivity index (χ3n) is 3.08. The van der Waals surface area contributed by atoms with Crippen LogP contribution in [-0.4, -0.2) is 20.4 Å². The van der Waals surface area contributed by atoms with Crippen LogP contribution in [0.5, 0.6) is 0 Å². The first-order valence-corrected chi connectivity index (χ1v) is 8.08. The molecule has 0 atom stereocenters. The number of nitrogens with zero attached hydrogens (tertiary/aromatic N) is 1. The molecule has 0 saturated carbocycles. The maximum Gasteiger partial charge on any atom is 0.276 e. The van der Waals surface area contributed by atoms with Crippen molar-refractivity contribution in [3.63, 3.8) is 0 Å². The molecule has 0 unspecified atom stereocenters. The Morgan fingerprint density at radius 3 is 2.24 bits per heavy atom. The minimum Gasteiger partial charge on any atom is -0.322 e. The third-order valence-corrected chi connectivity index (χ3v) is 3.93. The molecule has 2 aromatic carbocycles. The minimum atomic E-state index is -2.27. The van der Waals surface area contributed by atoms with E-state index >= 15 is 0 Å². The number of halogens is 4. The highest BCUT2D eigenvalue weighted by Gasteiger charge is 2.32. The Kier molecular flexibility index (Phi) is 5.90. The summed E-state index contributed by atoms with van der Waals surface area (Å²) in [6.45, 7) is 0. The number of anilines is 1. The van der Waals surface area contributed by atoms with E-state index in [1.54, 1.807) is 12.1 Å². The standard InChI is InChI=1S/C15H8Cl4N2O4/c16-11-4-2-1-3-9(11)13(22)10-7-8(21(24)25)5-6-12(10)20-14(23)15(17,18)19/h1-7H,(H,20,23). The fraction of sp³-hybridized carbons (Fsp3) is 0.0667. The number of non-ortho nitro benzene ring substituents is 1. The smallest absolute Gasteiger partial charge is 0.276 e. The predicted molar refractivity (Wildman–Crippen MR) is 96.9 cm³/mol. The van der Waals surface area contributed by atoms with E-state index in [-0.39, 0.29) is 27.5 Å². The zero-order chi connectivity index (χ0) is 18.8. The van der Waals surface area contributed by atoms with Gasteiger partial charge in [-0.1, -0.05) is 58.5 Å². The van der Waals surface area contributed by atoms with E-state index < -0.39 is 20.4 Å². The van der Waals surface area contributed by atoms with Gasteiger partial charge in [-0.3, -0.25) is 19.7 Å². The highest BCUT2D eigenvalue weighted by Crippen LogP contribution is 2.31. The Morgan fingerprint density at radius 1 is 1.04 bits per heavy atom. The number of nitrogens with one attached hydrogen (secondary N) is 1. The lowest BCUT2D eigenvalue weighted by molar-refractivity contribution is -0.384. The molecule has 130 valence electrons. The molecule has 0 aliphatic carbocycles. The molecular formula is C15H8Cl4N2O4. The van der Waals surface area contributed by atoms with Crippen LogP contribution in [0.15, 0.2) is 42.5 Å². The van der Waals surface area contributed by atoms with Gasteiger partial charge >= 0.3 is 0 Å². The van der Waals surface area contributed by atoms with E-state index in [0.29, 0.717) is 0 Å². The summed E-state index contributed by atoms with van der Waals surface area (Å²) >= 11 is 22.5. The molecule has 0 bridgehead atoms. The molecule has 2 aromatic rings. The topological polar surface area (TPSA) is 89.3 Å². The lowest BCUT2D eigenvalue weighted by atomic mass is 10.0. The van der Waals surface area contributed by atoms with E-state index in [9.17, 15) is 19.7 Å². The van der Waals surface area contributed by atoms with E-state index in [1.165, 1.54) is 18.2 Å². The highest BCUT2D eigenvalue weighted by molar-refractivity contribution is 6.76. The van der Waals surface area contributed by atoms with Gasteiger partial charge < -0.3 is 5.32 Å². The van der Waals surface area contributed by atoms with Crippen molar-refractivity contribution in [3.8, 4) is 0 Å². The van der Waals surface area contributed by atoms with Crippen LogP contribution in [0.3, 0.4) is 0 Å². The molecule has 0 saturated heterocycles. The van der Waals surface area contributed by atoms with Crippen molar-refractivity contribution in [1.82, 2.24) is 0 Å². The Hall–Kier alpha value is -1.86. The number of alkyl halides is 3. The molecular weight excluding hydrogens is 414 g/mol. The summed E-state index contributed by atoms with van der Waals surface area (Å²) in [5, 5.41) is 13.4. The van der Waals surface area contributed by atoms with Gasteiger partial charge in [0.15, 0.2) is 5.78 Å². The summed E-state index contributed by atoms with van der Waals surface area (Å²) in [6, 6.07) is 9.44. The molecule has 0 spiro atoms. The number of nitro benzene ring substituents is 1. The number of nitro groups is 1. The molecule has 0 fully saturated rings. The Morgan fingerprint density at radius 2 is 1.68 bits per heavy atom. The van der Waals surface area contributed by atoms with Crippen molar-refractivity contribution in [2.75, 3.05) is 5.32 Å². The molecule has 0 radical (unpaired) electrons. The Bertz CT molecular complexity index is 865. The summed E-state index contributed by atoms with van der Waals surface area (Å²) in [5.41, 5.74) is -0.451. The van der Waals surface area contributed by atoms with Crippen molar-refractivity contribution >= 4 is 69.5 Å². The summed E-state index contributed by atoms with van der Waals surface area (Å²) in [4.78, 5) is 34.9. The molecule has 0 aliphatic rings. The zero-order valence-corrected chi connectivity index (χ0v) is 15.2. The summed E-state index contributed by atoms with van der Waals surface area (Å²) < 4.78 is -2.27. The van der Waals surface area contributed by atoms with E-state index in [4.69, 9.17) is 46.4 Å². The molecule has 2 rings (SSSR count). The first kappa shape index (κ1) is 19.5. The molecule has 1 N–H and O–H groups in total. The Balaban J connectivity index is 2.55. The van der Waals surface area contributed by atoms with Gasteiger partial charge in [0.05, 0.1) is 21.2 Å². The predicted octanol–water partition coefficient (Wildman–Crippen LogP) is 4.79. The summed E-state index contributed by atoms with van der Waals surface area (Å²) in [7, 11) is 0. The normalized spacial score (nSPS) is 11.0. The van der Waals surface area contributed by atoms with Crippen molar-refractivity contribution in [2.24, 2.45) is 0 Å². The van der Waals surface area contributed by atoms with Crippen LogP contribution in [0.1, 0.15) is 15.9 Å². The molecule has 25 heavy (non-hydrogen) atoms. The van der Waals surface area contributed by atoms with Gasteiger partial charge in [0.25, 0.3) is 15.4 Å². The fourth-order valence-electron chi connectivity index (χ4n) is 1.93. The SMILES string of the molecule is O=C(c1ccccc1Cl)c1cc([N+](=O)[O-])ccc1NC(=O)C(Cl)(Cl)Cl. The maximum atomic E-state index is 12.7. The number of amides is 1. The average Bonchev–Trinajstić information content (AvgIpc) is 2.54. The first-order chi connectivity index (χ1) is 11.6. The van der Waals surface area contributed by atoms with Crippen molar-refractivity contribution < 1.29 is 14.5 Å². The molecule has 1 amide bonds. The number of carbonyl (C=O) groups excluding carboxylic acids is 2. The monoisotopic (exact) mass is 420 g/mol. The van der Waals surface area contributed by atoms with Gasteiger partial charge in [-0.05, 0) is 18.2 Å². The van der Waals surface area contributed by atoms with Crippen LogP contribution >= 0.6 is 46.4 Å². The Labute approximate surface area is 161 Å². The van der Waals surface area contributed by atoms with Gasteiger partial charge in [0.2, 0.25) is 0 Å². The van der Waals surface area contributed by atoms with Crippen LogP contribution in [0.2, 0.25) is 5.02 Å². The van der Waals surface area contributed by atoms with Crippen LogP contribution in [-0.2, 0) is 4.79 Å². The second-order valence-electron chi connectivity index (χ2n) is 4.75. The van der Waals surface area contributed by atoms with Gasteiger partial charge in [-0.2, -0.15) is 0 Å². The number of carbonyl (C=O) groups is 2. The molecule has 0 aliphatic heterocycles. The second-order valence-corrected chi connectivity index (χ2v) is 7.44. The van der Waals surface area contributed by atoms with Crippen LogP contribution < -0.4 is 5.32 Å². The molecule has 6 nitrogen and oxygen atoms in total. The van der Waals surface area contributed by atoms with Crippen LogP contribution in [0, 0.1) is 10.1 Å². The second kappa shape index (κ2) is 7.58. The number of rotatable bonds is 4. The van der Waals surface area contributed by atoms with Crippen LogP contribution in [0.4, 0.5) is 11.4 Å². The molecule has 0 aromatic heterocycles. The van der Waals surface area contributed by atoms with Crippen LogP contribution in [0.25, 0.3) is 0 Å². The summed E-state index contributed by atoms with van der Waals surface area (Å²) in [6.07, 6.45) is 0. The molecule has 0 heterocycles. The fourth-order valence-corrected chi connectivity index (χ4v) is 2.29. The van der Waals surface area contributed by atoms with E-state index in [1.807, 2.05) is 0 Å². The number of hydrogen-bond donors (Lipinski definition) is 1.